The number of rotatable bonds is 2. The number of aromatic hydroxyl groups is 1. The monoisotopic (exact) mass is 209 g/mol. The molecule has 1 aromatic rings. The molecule has 3 N–H and O–H groups in total. The molecule has 4 heteroatoms. The molecule has 0 radical (unpaired) electrons. The van der Waals surface area contributed by atoms with Crippen LogP contribution in [0.3, 0.4) is 0 Å². The van der Waals surface area contributed by atoms with Crippen LogP contribution >= 0.6 is 0 Å². The zero-order chi connectivity index (χ0) is 10.8. The van der Waals surface area contributed by atoms with Crippen LogP contribution in [0.1, 0.15) is 18.0 Å². The van der Waals surface area contributed by atoms with E-state index < -0.39 is 6.10 Å². The second-order valence-electron chi connectivity index (χ2n) is 3.69. The third kappa shape index (κ3) is 1.78. The first-order valence-corrected chi connectivity index (χ1v) is 5.01. The van der Waals surface area contributed by atoms with Crippen molar-refractivity contribution in [3.63, 3.8) is 0 Å². The Hall–Kier alpha value is -1.26. The lowest BCUT2D eigenvalue weighted by atomic mass is 10.0. The summed E-state index contributed by atoms with van der Waals surface area (Å²) in [5.74, 6) is 0.548. The van der Waals surface area contributed by atoms with E-state index in [-0.39, 0.29) is 11.8 Å². The maximum atomic E-state index is 9.89. The summed E-state index contributed by atoms with van der Waals surface area (Å²) in [7, 11) is 1.51. The van der Waals surface area contributed by atoms with Gasteiger partial charge in [0.15, 0.2) is 11.5 Å². The van der Waals surface area contributed by atoms with E-state index in [4.69, 9.17) is 4.74 Å². The molecular formula is C11H15NO3. The lowest BCUT2D eigenvalue weighted by Crippen LogP contribution is -2.21. The van der Waals surface area contributed by atoms with Crippen molar-refractivity contribution in [2.24, 2.45) is 0 Å². The quantitative estimate of drug-likeness (QED) is 0.674. The highest BCUT2D eigenvalue weighted by Crippen LogP contribution is 2.36. The fourth-order valence-corrected chi connectivity index (χ4v) is 1.96. The molecule has 0 aromatic heterocycles. The number of aliphatic hydroxyl groups excluding tert-OH is 1. The molecule has 1 aliphatic rings. The largest absolute Gasteiger partial charge is 0.504 e. The van der Waals surface area contributed by atoms with Crippen LogP contribution in [-0.4, -0.2) is 30.0 Å². The van der Waals surface area contributed by atoms with E-state index in [1.165, 1.54) is 7.11 Å². The lowest BCUT2D eigenvalue weighted by molar-refractivity contribution is 0.158. The van der Waals surface area contributed by atoms with Gasteiger partial charge in [0.1, 0.15) is 0 Å². The molecule has 82 valence electrons. The summed E-state index contributed by atoms with van der Waals surface area (Å²) in [5, 5.41) is 22.8. The predicted molar refractivity (Wildman–Crippen MR) is 56.0 cm³/mol. The van der Waals surface area contributed by atoms with Crippen LogP contribution in [0.5, 0.6) is 11.5 Å². The van der Waals surface area contributed by atoms with Gasteiger partial charge in [0.05, 0.1) is 19.3 Å². The number of phenols is 1. The highest BCUT2D eigenvalue weighted by molar-refractivity contribution is 5.47. The van der Waals surface area contributed by atoms with Gasteiger partial charge in [-0.2, -0.15) is 0 Å². The van der Waals surface area contributed by atoms with Gasteiger partial charge in [0, 0.05) is 5.56 Å². The smallest absolute Gasteiger partial charge is 0.162 e. The number of aliphatic hydroxyl groups is 1. The Kier molecular flexibility index (Phi) is 2.79. The predicted octanol–water partition coefficient (Wildman–Crippen LogP) is 0.796. The van der Waals surface area contributed by atoms with Crippen molar-refractivity contribution in [2.75, 3.05) is 13.7 Å². The Morgan fingerprint density at radius 1 is 1.47 bits per heavy atom. The summed E-state index contributed by atoms with van der Waals surface area (Å²) >= 11 is 0. The van der Waals surface area contributed by atoms with Crippen molar-refractivity contribution in [3.8, 4) is 11.5 Å². The number of methoxy groups -OCH3 is 1. The summed E-state index contributed by atoms with van der Waals surface area (Å²) in [6.45, 7) is 0.766. The molecule has 0 aliphatic carbocycles. The lowest BCUT2D eigenvalue weighted by Gasteiger charge is -2.17. The Morgan fingerprint density at radius 2 is 2.27 bits per heavy atom. The van der Waals surface area contributed by atoms with Crippen molar-refractivity contribution in [2.45, 2.75) is 18.6 Å². The number of hydrogen-bond donors (Lipinski definition) is 3. The van der Waals surface area contributed by atoms with Gasteiger partial charge in [-0.25, -0.2) is 0 Å². The molecule has 15 heavy (non-hydrogen) atoms. The Labute approximate surface area is 88.5 Å². The average molecular weight is 209 g/mol. The number of hydrogen-bond acceptors (Lipinski definition) is 4. The minimum atomic E-state index is -0.442. The highest BCUT2D eigenvalue weighted by atomic mass is 16.5. The van der Waals surface area contributed by atoms with Crippen molar-refractivity contribution in [3.05, 3.63) is 23.8 Å². The van der Waals surface area contributed by atoms with E-state index in [9.17, 15) is 10.2 Å². The minimum absolute atomic E-state index is 0.110. The van der Waals surface area contributed by atoms with Gasteiger partial charge in [-0.3, -0.25) is 0 Å². The van der Waals surface area contributed by atoms with Crippen molar-refractivity contribution in [1.82, 2.24) is 5.32 Å². The van der Waals surface area contributed by atoms with E-state index in [1.54, 1.807) is 18.2 Å². The van der Waals surface area contributed by atoms with E-state index in [1.807, 2.05) is 0 Å². The summed E-state index contributed by atoms with van der Waals surface area (Å²) < 4.78 is 5.02. The molecule has 0 bridgehead atoms. The molecule has 1 heterocycles. The summed E-state index contributed by atoms with van der Waals surface area (Å²) in [5.41, 5.74) is 0.694. The maximum Gasteiger partial charge on any atom is 0.162 e. The Bertz CT molecular complexity index is 354. The normalized spacial score (nSPS) is 25.5. The molecule has 0 amide bonds. The molecule has 2 unspecified atom stereocenters. The highest BCUT2D eigenvalue weighted by Gasteiger charge is 2.28. The number of nitrogens with one attached hydrogen (secondary N) is 1. The number of benzene rings is 1. The third-order valence-corrected chi connectivity index (χ3v) is 2.77. The molecule has 1 fully saturated rings. The van der Waals surface area contributed by atoms with Crippen LogP contribution < -0.4 is 10.1 Å². The van der Waals surface area contributed by atoms with Crippen LogP contribution in [0.25, 0.3) is 0 Å². The van der Waals surface area contributed by atoms with Gasteiger partial charge in [-0.05, 0) is 19.0 Å². The Balaban J connectivity index is 2.35. The maximum absolute atomic E-state index is 9.89. The van der Waals surface area contributed by atoms with Crippen LogP contribution in [0.2, 0.25) is 0 Å². The summed E-state index contributed by atoms with van der Waals surface area (Å²) in [6.07, 6.45) is 0.268. The van der Waals surface area contributed by atoms with E-state index in [0.717, 1.165) is 6.54 Å². The van der Waals surface area contributed by atoms with Gasteiger partial charge in [-0.15, -0.1) is 0 Å². The molecular weight excluding hydrogens is 194 g/mol. The van der Waals surface area contributed by atoms with Gasteiger partial charge >= 0.3 is 0 Å². The van der Waals surface area contributed by atoms with E-state index in [0.29, 0.717) is 17.7 Å². The van der Waals surface area contributed by atoms with Crippen molar-refractivity contribution >= 4 is 0 Å². The van der Waals surface area contributed by atoms with Crippen LogP contribution in [-0.2, 0) is 0 Å². The fourth-order valence-electron chi connectivity index (χ4n) is 1.96. The van der Waals surface area contributed by atoms with Crippen molar-refractivity contribution in [1.29, 1.82) is 0 Å². The molecule has 2 rings (SSSR count). The zero-order valence-electron chi connectivity index (χ0n) is 8.60. The first kappa shape index (κ1) is 10.3. The molecule has 1 aliphatic heterocycles. The van der Waals surface area contributed by atoms with E-state index >= 15 is 0 Å². The minimum Gasteiger partial charge on any atom is -0.504 e. The second kappa shape index (κ2) is 4.08. The number of ether oxygens (including phenoxy) is 1. The standard InChI is InChI=1S/C11H15NO3/c1-15-9-4-2-3-7(11(9)14)10-8(13)5-6-12-10/h2-4,8,10,12-14H,5-6H2,1H3. The summed E-state index contributed by atoms with van der Waals surface area (Å²) in [4.78, 5) is 0. The summed E-state index contributed by atoms with van der Waals surface area (Å²) in [6, 6.07) is 5.10. The molecule has 0 spiro atoms. The van der Waals surface area contributed by atoms with Crippen LogP contribution in [0, 0.1) is 0 Å². The van der Waals surface area contributed by atoms with Gasteiger partial charge in [0.25, 0.3) is 0 Å². The average Bonchev–Trinajstić information content (AvgIpc) is 2.65. The topological polar surface area (TPSA) is 61.7 Å². The molecule has 4 nitrogen and oxygen atoms in total. The first-order chi connectivity index (χ1) is 7.24. The zero-order valence-corrected chi connectivity index (χ0v) is 8.60. The number of phenolic OH excluding ortho intramolecular Hbond substituents is 1. The number of para-hydroxylation sites is 1. The van der Waals surface area contributed by atoms with Gasteiger partial charge in [-0.1, -0.05) is 12.1 Å². The first-order valence-electron chi connectivity index (χ1n) is 5.01. The van der Waals surface area contributed by atoms with Gasteiger partial charge < -0.3 is 20.3 Å². The SMILES string of the molecule is COc1cccc(C2NCCC2O)c1O. The molecule has 1 saturated heterocycles. The third-order valence-electron chi connectivity index (χ3n) is 2.77. The molecule has 1 aromatic carbocycles. The fraction of sp³-hybridized carbons (Fsp3) is 0.455. The molecule has 0 saturated carbocycles. The van der Waals surface area contributed by atoms with E-state index in [2.05, 4.69) is 5.32 Å². The van der Waals surface area contributed by atoms with Gasteiger partial charge in [0.2, 0.25) is 0 Å². The Morgan fingerprint density at radius 3 is 2.87 bits per heavy atom. The van der Waals surface area contributed by atoms with Crippen LogP contribution in [0.4, 0.5) is 0 Å². The van der Waals surface area contributed by atoms with Crippen LogP contribution in [0.15, 0.2) is 18.2 Å². The van der Waals surface area contributed by atoms with Crippen molar-refractivity contribution < 1.29 is 14.9 Å². The second-order valence-corrected chi connectivity index (χ2v) is 3.69. The molecule has 2 atom stereocenters.